The second kappa shape index (κ2) is 10.6. The predicted molar refractivity (Wildman–Crippen MR) is 149 cm³/mol. The minimum atomic E-state index is -1.53. The molecule has 0 unspecified atom stereocenters. The van der Waals surface area contributed by atoms with E-state index in [2.05, 4.69) is 25.8 Å². The first-order valence-electron chi connectivity index (χ1n) is 12.9. The highest BCUT2D eigenvalue weighted by molar-refractivity contribution is 7.09. The summed E-state index contributed by atoms with van der Waals surface area (Å²) in [6.07, 6.45) is 1.89. The average Bonchev–Trinajstić information content (AvgIpc) is 3.42. The van der Waals surface area contributed by atoms with Gasteiger partial charge in [-0.2, -0.15) is 0 Å². The molecule has 1 amide bonds. The third-order valence-electron chi connectivity index (χ3n) is 6.71. The maximum atomic E-state index is 14.5. The zero-order valence-corrected chi connectivity index (χ0v) is 25.0. The second-order valence-electron chi connectivity index (χ2n) is 12.3. The van der Waals surface area contributed by atoms with Crippen molar-refractivity contribution < 1.29 is 23.9 Å². The lowest BCUT2D eigenvalue weighted by molar-refractivity contribution is -0.167. The van der Waals surface area contributed by atoms with Gasteiger partial charge in [0.25, 0.3) is 5.91 Å². The van der Waals surface area contributed by atoms with Crippen molar-refractivity contribution in [2.24, 2.45) is 5.92 Å². The molecule has 0 saturated carbocycles. The van der Waals surface area contributed by atoms with Gasteiger partial charge in [-0.3, -0.25) is 4.79 Å². The van der Waals surface area contributed by atoms with Crippen LogP contribution in [0.15, 0.2) is 47.0 Å². The Morgan fingerprint density at radius 3 is 2.13 bits per heavy atom. The van der Waals surface area contributed by atoms with Crippen LogP contribution >= 0.6 is 11.3 Å². The number of aromatic nitrogens is 1. The molecule has 1 aromatic carbocycles. The summed E-state index contributed by atoms with van der Waals surface area (Å²) in [4.78, 5) is 48.0. The van der Waals surface area contributed by atoms with Crippen molar-refractivity contribution in [1.82, 2.24) is 9.88 Å². The molecule has 1 aromatic heterocycles. The Morgan fingerprint density at radius 2 is 1.68 bits per heavy atom. The molecular weight excluding hydrogens is 500 g/mol. The zero-order chi connectivity index (χ0) is 28.6. The number of hydrogen-bond donors (Lipinski definition) is 0. The fourth-order valence-electron chi connectivity index (χ4n) is 5.02. The molecular formula is C30H40N2O5S. The third kappa shape index (κ3) is 5.55. The van der Waals surface area contributed by atoms with Crippen LogP contribution in [-0.2, 0) is 24.5 Å². The van der Waals surface area contributed by atoms with E-state index in [4.69, 9.17) is 9.47 Å². The van der Waals surface area contributed by atoms with E-state index >= 15 is 0 Å². The quantitative estimate of drug-likeness (QED) is 0.403. The number of carbonyl (C=O) groups excluding carboxylic acids is 3. The fraction of sp³-hybridized carbons (Fsp3) is 0.533. The number of carbonyl (C=O) groups is 3. The normalized spacial score (nSPS) is 20.2. The third-order valence-corrected chi connectivity index (χ3v) is 7.54. The first-order valence-corrected chi connectivity index (χ1v) is 13.8. The van der Waals surface area contributed by atoms with E-state index < -0.39 is 29.1 Å². The van der Waals surface area contributed by atoms with Gasteiger partial charge in [-0.1, -0.05) is 46.8 Å². The first-order chi connectivity index (χ1) is 17.5. The number of esters is 2. The summed E-state index contributed by atoms with van der Waals surface area (Å²) < 4.78 is 11.2. The van der Waals surface area contributed by atoms with Crippen LogP contribution in [0.3, 0.4) is 0 Å². The average molecular weight is 541 g/mol. The SMILES string of the molecule is COC(=O)C1=C(C)[C@@](CC(C)C)(C(=O)OC(C)(C)C)N(C(=O)c2ccc(C(C)(C)C)cc2)[C@H]1c1nccs1. The van der Waals surface area contributed by atoms with Gasteiger partial charge in [0.15, 0.2) is 5.54 Å². The molecule has 1 aliphatic heterocycles. The largest absolute Gasteiger partial charge is 0.466 e. The van der Waals surface area contributed by atoms with E-state index in [0.717, 1.165) is 5.56 Å². The molecule has 0 aliphatic carbocycles. The minimum absolute atomic E-state index is 0.00928. The molecule has 0 spiro atoms. The highest BCUT2D eigenvalue weighted by Gasteiger charge is 2.61. The van der Waals surface area contributed by atoms with Gasteiger partial charge in [0, 0.05) is 17.1 Å². The Bertz CT molecular complexity index is 1220. The lowest BCUT2D eigenvalue weighted by Gasteiger charge is -2.42. The topological polar surface area (TPSA) is 85.8 Å². The first kappa shape index (κ1) is 29.6. The van der Waals surface area contributed by atoms with E-state index in [9.17, 15) is 14.4 Å². The van der Waals surface area contributed by atoms with E-state index in [1.54, 1.807) is 51.4 Å². The number of benzene rings is 1. The Morgan fingerprint density at radius 1 is 1.08 bits per heavy atom. The Hall–Kier alpha value is -3.00. The van der Waals surface area contributed by atoms with E-state index in [0.29, 0.717) is 16.1 Å². The van der Waals surface area contributed by atoms with Gasteiger partial charge in [-0.05, 0) is 68.7 Å². The van der Waals surface area contributed by atoms with Crippen LogP contribution in [0.25, 0.3) is 0 Å². The summed E-state index contributed by atoms with van der Waals surface area (Å²) in [5.74, 6) is -1.56. The monoisotopic (exact) mass is 540 g/mol. The molecule has 2 atom stereocenters. The summed E-state index contributed by atoms with van der Waals surface area (Å²) in [6.45, 7) is 17.4. The van der Waals surface area contributed by atoms with Gasteiger partial charge in [-0.25, -0.2) is 14.6 Å². The maximum absolute atomic E-state index is 14.5. The van der Waals surface area contributed by atoms with Gasteiger partial charge < -0.3 is 14.4 Å². The molecule has 3 rings (SSSR count). The summed E-state index contributed by atoms with van der Waals surface area (Å²) in [5.41, 5.74) is -0.240. The molecule has 38 heavy (non-hydrogen) atoms. The molecule has 0 fully saturated rings. The van der Waals surface area contributed by atoms with Crippen molar-refractivity contribution in [3.63, 3.8) is 0 Å². The highest BCUT2D eigenvalue weighted by atomic mass is 32.1. The smallest absolute Gasteiger partial charge is 0.337 e. The molecule has 2 heterocycles. The highest BCUT2D eigenvalue weighted by Crippen LogP contribution is 2.52. The molecule has 0 bridgehead atoms. The summed E-state index contributed by atoms with van der Waals surface area (Å²) in [5, 5.41) is 2.31. The molecule has 1 aliphatic rings. The lowest BCUT2D eigenvalue weighted by Crippen LogP contribution is -2.58. The van der Waals surface area contributed by atoms with Crippen molar-refractivity contribution in [3.8, 4) is 0 Å². The Kier molecular flexibility index (Phi) is 8.27. The molecule has 2 aromatic rings. The van der Waals surface area contributed by atoms with Gasteiger partial charge >= 0.3 is 11.9 Å². The fourth-order valence-corrected chi connectivity index (χ4v) is 5.75. The van der Waals surface area contributed by atoms with Gasteiger partial charge in [0.05, 0.1) is 12.7 Å². The van der Waals surface area contributed by atoms with Crippen molar-refractivity contribution in [1.29, 1.82) is 0 Å². The maximum Gasteiger partial charge on any atom is 0.337 e. The Labute approximate surface area is 230 Å². The van der Waals surface area contributed by atoms with Crippen molar-refractivity contribution >= 4 is 29.2 Å². The summed E-state index contributed by atoms with van der Waals surface area (Å²) >= 11 is 1.32. The lowest BCUT2D eigenvalue weighted by atomic mass is 9.81. The van der Waals surface area contributed by atoms with Crippen LogP contribution in [-0.4, -0.2) is 46.0 Å². The summed E-state index contributed by atoms with van der Waals surface area (Å²) in [7, 11) is 1.30. The number of ether oxygens (including phenoxy) is 2. The van der Waals surface area contributed by atoms with E-state index in [-0.39, 0.29) is 29.2 Å². The molecule has 0 saturated heterocycles. The van der Waals surface area contributed by atoms with Crippen LogP contribution in [0.5, 0.6) is 0 Å². The minimum Gasteiger partial charge on any atom is -0.466 e. The number of amides is 1. The standard InChI is InChI=1S/C30H40N2O5S/c1-18(2)17-30(27(35)37-29(7,8)9)19(3)22(26(34)36-10)23(24-31-15-16-38-24)32(30)25(33)20-11-13-21(14-12-20)28(4,5)6/h11-16,18,23H,17H2,1-10H3/t23-,30+/m1/s1. The van der Waals surface area contributed by atoms with Crippen LogP contribution in [0.4, 0.5) is 0 Å². The van der Waals surface area contributed by atoms with E-state index in [1.807, 2.05) is 26.0 Å². The van der Waals surface area contributed by atoms with Gasteiger partial charge in [0.2, 0.25) is 0 Å². The van der Waals surface area contributed by atoms with Gasteiger partial charge in [-0.15, -0.1) is 11.3 Å². The van der Waals surface area contributed by atoms with Crippen LogP contribution < -0.4 is 0 Å². The molecule has 7 nitrogen and oxygen atoms in total. The molecule has 8 heteroatoms. The van der Waals surface area contributed by atoms with Crippen LogP contribution in [0, 0.1) is 5.92 Å². The van der Waals surface area contributed by atoms with Gasteiger partial charge in [0.1, 0.15) is 16.7 Å². The zero-order valence-electron chi connectivity index (χ0n) is 24.2. The van der Waals surface area contributed by atoms with Crippen LogP contribution in [0.2, 0.25) is 0 Å². The molecule has 0 radical (unpaired) electrons. The number of rotatable bonds is 6. The predicted octanol–water partition coefficient (Wildman–Crippen LogP) is 6.25. The molecule has 206 valence electrons. The Balaban J connectivity index is 2.34. The van der Waals surface area contributed by atoms with Crippen molar-refractivity contribution in [2.75, 3.05) is 7.11 Å². The number of hydrogen-bond acceptors (Lipinski definition) is 7. The summed E-state index contributed by atoms with van der Waals surface area (Å²) in [6, 6.07) is 6.52. The molecule has 0 N–H and O–H groups in total. The number of nitrogens with zero attached hydrogens (tertiary/aromatic N) is 2. The number of thiazole rings is 1. The van der Waals surface area contributed by atoms with Crippen LogP contribution in [0.1, 0.15) is 95.7 Å². The number of methoxy groups -OCH3 is 1. The van der Waals surface area contributed by atoms with E-state index in [1.165, 1.54) is 23.3 Å². The van der Waals surface area contributed by atoms with Crippen molar-refractivity contribution in [3.05, 3.63) is 63.1 Å². The van der Waals surface area contributed by atoms with Crippen molar-refractivity contribution in [2.45, 2.75) is 91.3 Å². The second-order valence-corrected chi connectivity index (χ2v) is 13.2.